The summed E-state index contributed by atoms with van der Waals surface area (Å²) in [6, 6.07) is 17.4. The Kier molecular flexibility index (Phi) is 4.05. The van der Waals surface area contributed by atoms with Gasteiger partial charge in [0.15, 0.2) is 0 Å². The van der Waals surface area contributed by atoms with Crippen molar-refractivity contribution in [1.82, 2.24) is 0 Å². The van der Waals surface area contributed by atoms with E-state index in [4.69, 9.17) is 0 Å². The molecule has 0 saturated carbocycles. The van der Waals surface area contributed by atoms with Crippen LogP contribution in [-0.4, -0.2) is 5.91 Å². The van der Waals surface area contributed by atoms with E-state index in [-0.39, 0.29) is 5.91 Å². The van der Waals surface area contributed by atoms with E-state index in [1.165, 1.54) is 0 Å². The van der Waals surface area contributed by atoms with Crippen LogP contribution in [0.5, 0.6) is 0 Å². The molecule has 0 radical (unpaired) electrons. The van der Waals surface area contributed by atoms with Crippen molar-refractivity contribution in [1.29, 1.82) is 0 Å². The monoisotopic (exact) mass is 317 g/mol. The number of carbonyl (C=O) groups is 1. The third kappa shape index (κ3) is 3.24. The van der Waals surface area contributed by atoms with Gasteiger partial charge in [0.25, 0.3) is 0 Å². The SMILES string of the molecule is CC(C)(C(=O)Nc1ccc(Br)cc1)c1ccccc1. The standard InChI is InChI=1S/C16H16BrNO/c1-16(2,12-6-4-3-5-7-12)15(19)18-14-10-8-13(17)9-11-14/h3-11H,1-2H3,(H,18,19). The maximum atomic E-state index is 12.4. The summed E-state index contributed by atoms with van der Waals surface area (Å²) in [5, 5.41) is 2.95. The van der Waals surface area contributed by atoms with Gasteiger partial charge in [0.05, 0.1) is 5.41 Å². The molecule has 0 aliphatic heterocycles. The van der Waals surface area contributed by atoms with Crippen LogP contribution in [-0.2, 0) is 10.2 Å². The van der Waals surface area contributed by atoms with Gasteiger partial charge < -0.3 is 5.32 Å². The first kappa shape index (κ1) is 13.8. The zero-order valence-corrected chi connectivity index (χ0v) is 12.6. The van der Waals surface area contributed by atoms with Gasteiger partial charge in [0.1, 0.15) is 0 Å². The highest BCUT2D eigenvalue weighted by Crippen LogP contribution is 2.25. The first-order valence-electron chi connectivity index (χ1n) is 6.13. The highest BCUT2D eigenvalue weighted by atomic mass is 79.9. The minimum Gasteiger partial charge on any atom is -0.325 e. The molecule has 0 heterocycles. The van der Waals surface area contributed by atoms with Crippen LogP contribution in [0.2, 0.25) is 0 Å². The van der Waals surface area contributed by atoms with Crippen LogP contribution < -0.4 is 5.32 Å². The highest BCUT2D eigenvalue weighted by molar-refractivity contribution is 9.10. The molecule has 1 amide bonds. The lowest BCUT2D eigenvalue weighted by Gasteiger charge is -2.24. The summed E-state index contributed by atoms with van der Waals surface area (Å²) in [5.74, 6) is -0.0129. The number of benzene rings is 2. The van der Waals surface area contributed by atoms with E-state index in [0.717, 1.165) is 15.7 Å². The molecule has 98 valence electrons. The zero-order valence-electron chi connectivity index (χ0n) is 11.0. The van der Waals surface area contributed by atoms with Gasteiger partial charge in [-0.3, -0.25) is 4.79 Å². The first-order valence-corrected chi connectivity index (χ1v) is 6.92. The van der Waals surface area contributed by atoms with E-state index in [1.54, 1.807) is 0 Å². The van der Waals surface area contributed by atoms with Crippen molar-refractivity contribution in [3.8, 4) is 0 Å². The predicted molar refractivity (Wildman–Crippen MR) is 82.2 cm³/mol. The summed E-state index contributed by atoms with van der Waals surface area (Å²) < 4.78 is 0.993. The van der Waals surface area contributed by atoms with Gasteiger partial charge in [-0.2, -0.15) is 0 Å². The molecule has 0 aliphatic carbocycles. The maximum Gasteiger partial charge on any atom is 0.234 e. The van der Waals surface area contributed by atoms with E-state index in [9.17, 15) is 4.79 Å². The second kappa shape index (κ2) is 5.57. The Morgan fingerprint density at radius 3 is 2.16 bits per heavy atom. The van der Waals surface area contributed by atoms with Crippen LogP contribution in [0.4, 0.5) is 5.69 Å². The van der Waals surface area contributed by atoms with Crippen LogP contribution in [0.25, 0.3) is 0 Å². The summed E-state index contributed by atoms with van der Waals surface area (Å²) >= 11 is 3.38. The molecule has 3 heteroatoms. The third-order valence-electron chi connectivity index (χ3n) is 3.17. The molecule has 2 rings (SSSR count). The van der Waals surface area contributed by atoms with Gasteiger partial charge in [0.2, 0.25) is 5.91 Å². The average molecular weight is 318 g/mol. The van der Waals surface area contributed by atoms with Crippen molar-refractivity contribution >= 4 is 27.5 Å². The molecule has 2 aromatic rings. The molecule has 2 aromatic carbocycles. The topological polar surface area (TPSA) is 29.1 Å². The zero-order chi connectivity index (χ0) is 13.9. The van der Waals surface area contributed by atoms with Crippen LogP contribution in [0.3, 0.4) is 0 Å². The Labute approximate surface area is 122 Å². The van der Waals surface area contributed by atoms with Gasteiger partial charge in [-0.1, -0.05) is 46.3 Å². The fraction of sp³-hybridized carbons (Fsp3) is 0.188. The number of nitrogens with one attached hydrogen (secondary N) is 1. The van der Waals surface area contributed by atoms with Crippen LogP contribution in [0, 0.1) is 0 Å². The summed E-state index contributed by atoms with van der Waals surface area (Å²) in [5.41, 5.74) is 1.25. The molecule has 0 aromatic heterocycles. The van der Waals surface area contributed by atoms with Crippen molar-refractivity contribution in [3.63, 3.8) is 0 Å². The number of amides is 1. The maximum absolute atomic E-state index is 12.4. The fourth-order valence-electron chi connectivity index (χ4n) is 1.81. The van der Waals surface area contributed by atoms with Gasteiger partial charge >= 0.3 is 0 Å². The average Bonchev–Trinajstić information content (AvgIpc) is 2.42. The molecule has 0 fully saturated rings. The largest absolute Gasteiger partial charge is 0.325 e. The van der Waals surface area contributed by atoms with Crippen molar-refractivity contribution < 1.29 is 4.79 Å². The highest BCUT2D eigenvalue weighted by Gasteiger charge is 2.29. The summed E-state index contributed by atoms with van der Waals surface area (Å²) in [7, 11) is 0. The van der Waals surface area contributed by atoms with Crippen molar-refractivity contribution in [2.45, 2.75) is 19.3 Å². The summed E-state index contributed by atoms with van der Waals surface area (Å²) in [4.78, 5) is 12.4. The predicted octanol–water partition coefficient (Wildman–Crippen LogP) is 4.37. The van der Waals surface area contributed by atoms with E-state index in [0.29, 0.717) is 0 Å². The lowest BCUT2D eigenvalue weighted by molar-refractivity contribution is -0.120. The van der Waals surface area contributed by atoms with Gasteiger partial charge in [0, 0.05) is 10.2 Å². The number of hydrogen-bond acceptors (Lipinski definition) is 1. The number of hydrogen-bond donors (Lipinski definition) is 1. The molecule has 0 saturated heterocycles. The van der Waals surface area contributed by atoms with Gasteiger partial charge in [-0.15, -0.1) is 0 Å². The molecular formula is C16H16BrNO. The molecule has 0 unspecified atom stereocenters. The molecule has 0 bridgehead atoms. The number of halogens is 1. The normalized spacial score (nSPS) is 11.1. The van der Waals surface area contributed by atoms with E-state index < -0.39 is 5.41 Å². The number of carbonyl (C=O) groups excluding carboxylic acids is 1. The van der Waals surface area contributed by atoms with E-state index in [2.05, 4.69) is 21.2 Å². The van der Waals surface area contributed by atoms with Gasteiger partial charge in [-0.25, -0.2) is 0 Å². The Hall–Kier alpha value is -1.61. The Morgan fingerprint density at radius 2 is 1.58 bits per heavy atom. The second-order valence-electron chi connectivity index (χ2n) is 4.95. The van der Waals surface area contributed by atoms with Crippen molar-refractivity contribution in [2.75, 3.05) is 5.32 Å². The summed E-state index contributed by atoms with van der Waals surface area (Å²) in [6.45, 7) is 3.85. The summed E-state index contributed by atoms with van der Waals surface area (Å²) in [6.07, 6.45) is 0. The Morgan fingerprint density at radius 1 is 1.00 bits per heavy atom. The minimum atomic E-state index is -0.561. The first-order chi connectivity index (χ1) is 9.00. The van der Waals surface area contributed by atoms with E-state index >= 15 is 0 Å². The molecule has 0 atom stereocenters. The molecule has 0 aliphatic rings. The molecular weight excluding hydrogens is 302 g/mol. The quantitative estimate of drug-likeness (QED) is 0.895. The van der Waals surface area contributed by atoms with Crippen LogP contribution in [0.1, 0.15) is 19.4 Å². The Balaban J connectivity index is 2.17. The lowest BCUT2D eigenvalue weighted by Crippen LogP contribution is -2.34. The smallest absolute Gasteiger partial charge is 0.234 e. The lowest BCUT2D eigenvalue weighted by atomic mass is 9.83. The molecule has 19 heavy (non-hydrogen) atoms. The fourth-order valence-corrected chi connectivity index (χ4v) is 2.07. The number of rotatable bonds is 3. The van der Waals surface area contributed by atoms with Crippen molar-refractivity contribution in [3.05, 3.63) is 64.6 Å². The number of anilines is 1. The van der Waals surface area contributed by atoms with Crippen molar-refractivity contribution in [2.24, 2.45) is 0 Å². The molecule has 0 spiro atoms. The molecule has 1 N–H and O–H groups in total. The van der Waals surface area contributed by atoms with E-state index in [1.807, 2.05) is 68.4 Å². The van der Waals surface area contributed by atoms with Crippen LogP contribution >= 0.6 is 15.9 Å². The molecule has 2 nitrogen and oxygen atoms in total. The Bertz CT molecular complexity index is 561. The third-order valence-corrected chi connectivity index (χ3v) is 3.69. The second-order valence-corrected chi connectivity index (χ2v) is 5.87. The minimum absolute atomic E-state index is 0.0129. The van der Waals surface area contributed by atoms with Crippen LogP contribution in [0.15, 0.2) is 59.1 Å². The van der Waals surface area contributed by atoms with Gasteiger partial charge in [-0.05, 0) is 43.7 Å².